The Kier molecular flexibility index (Phi) is 6.84. The molecule has 1 atom stereocenters. The van der Waals surface area contributed by atoms with Crippen LogP contribution in [0.1, 0.15) is 70.6 Å². The topological polar surface area (TPSA) is 78.5 Å². The Morgan fingerprint density at radius 1 is 1.15 bits per heavy atom. The Balaban J connectivity index is 1.45. The molecule has 3 aliphatic rings. The third-order valence-corrected chi connectivity index (χ3v) is 6.67. The lowest BCUT2D eigenvalue weighted by Gasteiger charge is -2.26. The van der Waals surface area contributed by atoms with Crippen molar-refractivity contribution in [2.75, 3.05) is 6.54 Å². The first kappa shape index (κ1) is 20.2. The fourth-order valence-corrected chi connectivity index (χ4v) is 4.34. The second-order valence-corrected chi connectivity index (χ2v) is 9.06. The van der Waals surface area contributed by atoms with Gasteiger partial charge in [-0.25, -0.2) is 0 Å². The lowest BCUT2D eigenvalue weighted by atomic mass is 10.1. The average Bonchev–Trinajstić information content (AvgIpc) is 3.58. The summed E-state index contributed by atoms with van der Waals surface area (Å²) in [6.45, 7) is 4.35. The van der Waals surface area contributed by atoms with Crippen molar-refractivity contribution in [3.63, 3.8) is 0 Å². The summed E-state index contributed by atoms with van der Waals surface area (Å²) in [6, 6.07) is -0.424. The van der Waals surface area contributed by atoms with Crippen molar-refractivity contribution in [1.82, 2.24) is 14.9 Å². The van der Waals surface area contributed by atoms with Crippen molar-refractivity contribution < 1.29 is 14.4 Å². The summed E-state index contributed by atoms with van der Waals surface area (Å²) in [6.07, 6.45) is 11.5. The second kappa shape index (κ2) is 9.13. The van der Waals surface area contributed by atoms with E-state index in [-0.39, 0.29) is 17.7 Å². The van der Waals surface area contributed by atoms with Gasteiger partial charge < -0.3 is 10.2 Å². The summed E-state index contributed by atoms with van der Waals surface area (Å²) in [5.41, 5.74) is -0.749. The van der Waals surface area contributed by atoms with Crippen molar-refractivity contribution in [3.05, 3.63) is 12.7 Å². The van der Waals surface area contributed by atoms with Crippen molar-refractivity contribution in [2.24, 2.45) is 0 Å². The highest BCUT2D eigenvalue weighted by Crippen LogP contribution is 2.38. The molecule has 1 aliphatic heterocycles. The zero-order valence-electron chi connectivity index (χ0n) is 16.0. The van der Waals surface area contributed by atoms with E-state index < -0.39 is 11.6 Å². The van der Waals surface area contributed by atoms with Gasteiger partial charge in [-0.2, -0.15) is 0 Å². The van der Waals surface area contributed by atoms with Crippen molar-refractivity contribution in [3.8, 4) is 0 Å². The van der Waals surface area contributed by atoms with Gasteiger partial charge in [-0.3, -0.25) is 19.1 Å². The highest BCUT2D eigenvalue weighted by molar-refractivity contribution is 7.98. The minimum Gasteiger partial charge on any atom is -0.340 e. The van der Waals surface area contributed by atoms with Crippen molar-refractivity contribution >= 4 is 29.7 Å². The van der Waals surface area contributed by atoms with E-state index in [0.717, 1.165) is 44.9 Å². The number of rotatable bonds is 11. The summed E-state index contributed by atoms with van der Waals surface area (Å²) in [7, 11) is 0. The van der Waals surface area contributed by atoms with Gasteiger partial charge in [0.25, 0.3) is 5.91 Å². The molecular weight excluding hydrogens is 362 g/mol. The van der Waals surface area contributed by atoms with Gasteiger partial charge in [0.05, 0.1) is 0 Å². The van der Waals surface area contributed by atoms with E-state index in [1.165, 1.54) is 11.9 Å². The van der Waals surface area contributed by atoms with Gasteiger partial charge in [-0.05, 0) is 69.7 Å². The number of nitrogens with zero attached hydrogens (tertiary/aromatic N) is 1. The molecule has 150 valence electrons. The van der Waals surface area contributed by atoms with Crippen LogP contribution in [0.2, 0.25) is 0 Å². The van der Waals surface area contributed by atoms with Gasteiger partial charge in [-0.1, -0.05) is 12.5 Å². The smallest absolute Gasteiger partial charge is 0.255 e. The zero-order chi connectivity index (χ0) is 19.3. The molecule has 2 N–H and O–H groups in total. The van der Waals surface area contributed by atoms with E-state index in [2.05, 4.69) is 16.6 Å². The maximum Gasteiger partial charge on any atom is 0.255 e. The Bertz CT molecular complexity index is 587. The van der Waals surface area contributed by atoms with Crippen LogP contribution in [0.15, 0.2) is 12.7 Å². The summed E-state index contributed by atoms with van der Waals surface area (Å²) < 4.78 is 2.90. The molecule has 0 aromatic carbocycles. The average molecular weight is 394 g/mol. The first-order valence-corrected chi connectivity index (χ1v) is 11.1. The predicted octanol–water partition coefficient (Wildman–Crippen LogP) is 2.69. The van der Waals surface area contributed by atoms with Crippen LogP contribution >= 0.6 is 11.9 Å². The quantitative estimate of drug-likeness (QED) is 0.321. The maximum atomic E-state index is 12.8. The molecule has 0 aromatic rings. The van der Waals surface area contributed by atoms with Crippen LogP contribution in [0.3, 0.4) is 0 Å². The van der Waals surface area contributed by atoms with E-state index in [1.807, 2.05) is 6.08 Å². The zero-order valence-corrected chi connectivity index (χ0v) is 16.8. The van der Waals surface area contributed by atoms with E-state index in [0.29, 0.717) is 37.5 Å². The van der Waals surface area contributed by atoms with Crippen LogP contribution in [-0.4, -0.2) is 46.0 Å². The third kappa shape index (κ3) is 5.50. The molecule has 3 amide bonds. The lowest BCUT2D eigenvalue weighted by Crippen LogP contribution is -2.54. The number of hydrogen-bond acceptors (Lipinski definition) is 4. The fraction of sp³-hybridized carbons (Fsp3) is 0.750. The van der Waals surface area contributed by atoms with Gasteiger partial charge in [0.2, 0.25) is 11.8 Å². The molecule has 2 saturated carbocycles. The molecule has 0 radical (unpaired) electrons. The predicted molar refractivity (Wildman–Crippen MR) is 107 cm³/mol. The molecule has 0 aromatic heterocycles. The van der Waals surface area contributed by atoms with E-state index >= 15 is 0 Å². The van der Waals surface area contributed by atoms with Crippen LogP contribution < -0.4 is 10.0 Å². The van der Waals surface area contributed by atoms with Gasteiger partial charge in [0.1, 0.15) is 11.6 Å². The van der Waals surface area contributed by atoms with Crippen molar-refractivity contribution in [1.29, 1.82) is 0 Å². The number of likely N-dealkylation sites (tertiary alicyclic amines) is 1. The summed E-state index contributed by atoms with van der Waals surface area (Å²) in [5, 5.41) is 3.49. The van der Waals surface area contributed by atoms with E-state index in [4.69, 9.17) is 0 Å². The molecule has 1 unspecified atom stereocenters. The molecule has 0 spiro atoms. The van der Waals surface area contributed by atoms with Crippen LogP contribution in [-0.2, 0) is 14.4 Å². The first-order chi connectivity index (χ1) is 13.1. The monoisotopic (exact) mass is 393 g/mol. The standard InChI is InChI=1S/C20H31N3O3S/c1-2-3-4-5-6-9-17(24)23-14-7-8-16(23)18(25)21-20(12-13-20)19(26)22-27-15-10-11-15/h2,15-16H,1,3-14H2,(H,21,25)(H,22,26). The normalized spacial score (nSPS) is 23.0. The highest BCUT2D eigenvalue weighted by Gasteiger charge is 2.52. The van der Waals surface area contributed by atoms with Crippen LogP contribution in [0.25, 0.3) is 0 Å². The van der Waals surface area contributed by atoms with Gasteiger partial charge in [0.15, 0.2) is 0 Å². The number of allylic oxidation sites excluding steroid dienone is 1. The summed E-state index contributed by atoms with van der Waals surface area (Å²) >= 11 is 1.48. The lowest BCUT2D eigenvalue weighted by molar-refractivity contribution is -0.139. The number of carbonyl (C=O) groups excluding carboxylic acids is 3. The maximum absolute atomic E-state index is 12.8. The third-order valence-electron chi connectivity index (χ3n) is 5.56. The van der Waals surface area contributed by atoms with Crippen molar-refractivity contribution in [2.45, 2.75) is 87.5 Å². The molecule has 2 aliphatic carbocycles. The fourth-order valence-electron chi connectivity index (χ4n) is 3.50. The van der Waals surface area contributed by atoms with E-state index in [1.54, 1.807) is 4.90 Å². The number of carbonyl (C=O) groups is 3. The summed E-state index contributed by atoms with van der Waals surface area (Å²) in [5.74, 6) is -0.202. The van der Waals surface area contributed by atoms with E-state index in [9.17, 15) is 14.4 Å². The largest absolute Gasteiger partial charge is 0.340 e. The molecular formula is C20H31N3O3S. The van der Waals surface area contributed by atoms with Gasteiger partial charge in [0, 0.05) is 18.2 Å². The molecule has 3 rings (SSSR count). The Hall–Kier alpha value is -1.50. The number of nitrogens with one attached hydrogen (secondary N) is 2. The Morgan fingerprint density at radius 2 is 1.93 bits per heavy atom. The summed E-state index contributed by atoms with van der Waals surface area (Å²) in [4.78, 5) is 39.5. The first-order valence-electron chi connectivity index (χ1n) is 10.2. The highest BCUT2D eigenvalue weighted by atomic mass is 32.2. The molecule has 7 heteroatoms. The minimum atomic E-state index is -0.749. The molecule has 1 saturated heterocycles. The molecule has 3 fully saturated rings. The molecule has 0 bridgehead atoms. The minimum absolute atomic E-state index is 0.0600. The van der Waals surface area contributed by atoms with Crippen LogP contribution in [0, 0.1) is 0 Å². The van der Waals surface area contributed by atoms with Gasteiger partial charge >= 0.3 is 0 Å². The Morgan fingerprint density at radius 3 is 2.59 bits per heavy atom. The Labute approximate surface area is 166 Å². The van der Waals surface area contributed by atoms with Crippen LogP contribution in [0.4, 0.5) is 0 Å². The van der Waals surface area contributed by atoms with Gasteiger partial charge in [-0.15, -0.1) is 6.58 Å². The molecule has 6 nitrogen and oxygen atoms in total. The SMILES string of the molecule is C=CCCCCCC(=O)N1CCCC1C(=O)NC1(C(=O)NSC2CC2)CC1. The number of amides is 3. The molecule has 27 heavy (non-hydrogen) atoms. The molecule has 1 heterocycles. The van der Waals surface area contributed by atoms with Crippen LogP contribution in [0.5, 0.6) is 0 Å². The second-order valence-electron chi connectivity index (χ2n) is 7.95. The number of hydrogen-bond donors (Lipinski definition) is 2. The number of unbranched alkanes of at least 4 members (excludes halogenated alkanes) is 3.